The van der Waals surface area contributed by atoms with E-state index in [-0.39, 0.29) is 12.0 Å². The van der Waals surface area contributed by atoms with Crippen LogP contribution in [0.4, 0.5) is 0 Å². The van der Waals surface area contributed by atoms with Crippen LogP contribution >= 0.6 is 0 Å². The predicted molar refractivity (Wildman–Crippen MR) is 66.2 cm³/mol. The molecule has 0 aromatic heterocycles. The number of hydrogen-bond acceptors (Lipinski definition) is 3. The standard InChI is InChI=1S/C11H20N2O4S/c1-12(2)18(16,17)13-9-6-4-3-5-8(9)7-10(13)11(14)15/h8-10H,3-7H2,1-2H3,(H,14,15). The minimum atomic E-state index is -3.66. The lowest BCUT2D eigenvalue weighted by Gasteiger charge is -2.33. The van der Waals surface area contributed by atoms with Crippen LogP contribution in [-0.2, 0) is 15.0 Å². The molecule has 7 heteroatoms. The van der Waals surface area contributed by atoms with Crippen molar-refractivity contribution in [1.82, 2.24) is 8.61 Å². The molecule has 3 unspecified atom stereocenters. The number of aliphatic carboxylic acids is 1. The van der Waals surface area contributed by atoms with E-state index in [2.05, 4.69) is 0 Å². The van der Waals surface area contributed by atoms with Crippen molar-refractivity contribution in [2.24, 2.45) is 5.92 Å². The number of rotatable bonds is 3. The molecule has 0 bridgehead atoms. The number of carboxylic acid groups (broad SMARTS) is 1. The van der Waals surface area contributed by atoms with Gasteiger partial charge in [0, 0.05) is 20.1 Å². The van der Waals surface area contributed by atoms with Crippen molar-refractivity contribution < 1.29 is 18.3 Å². The normalized spacial score (nSPS) is 33.6. The van der Waals surface area contributed by atoms with E-state index < -0.39 is 22.2 Å². The number of hydrogen-bond donors (Lipinski definition) is 1. The number of nitrogens with zero attached hydrogens (tertiary/aromatic N) is 2. The van der Waals surface area contributed by atoms with E-state index in [1.807, 2.05) is 0 Å². The minimum Gasteiger partial charge on any atom is -0.480 e. The number of fused-ring (bicyclic) bond motifs is 1. The summed E-state index contributed by atoms with van der Waals surface area (Å²) in [6, 6.07) is -1.03. The first-order valence-corrected chi connectivity index (χ1v) is 7.69. The van der Waals surface area contributed by atoms with Crippen LogP contribution in [0.3, 0.4) is 0 Å². The van der Waals surface area contributed by atoms with E-state index in [4.69, 9.17) is 0 Å². The topological polar surface area (TPSA) is 77.9 Å². The Hall–Kier alpha value is -0.660. The van der Waals surface area contributed by atoms with E-state index in [0.29, 0.717) is 6.42 Å². The molecule has 1 aliphatic carbocycles. The highest BCUT2D eigenvalue weighted by molar-refractivity contribution is 7.86. The summed E-state index contributed by atoms with van der Waals surface area (Å²) in [6.45, 7) is 0. The van der Waals surface area contributed by atoms with Crippen LogP contribution in [0, 0.1) is 5.92 Å². The fourth-order valence-corrected chi connectivity index (χ4v) is 4.64. The maximum atomic E-state index is 12.3. The van der Waals surface area contributed by atoms with Gasteiger partial charge < -0.3 is 5.11 Å². The fraction of sp³-hybridized carbons (Fsp3) is 0.909. The van der Waals surface area contributed by atoms with Crippen molar-refractivity contribution in [2.75, 3.05) is 14.1 Å². The van der Waals surface area contributed by atoms with Crippen molar-refractivity contribution >= 4 is 16.2 Å². The fourth-order valence-electron chi connectivity index (χ4n) is 3.15. The van der Waals surface area contributed by atoms with Gasteiger partial charge in [0.2, 0.25) is 0 Å². The summed E-state index contributed by atoms with van der Waals surface area (Å²) >= 11 is 0. The highest BCUT2D eigenvalue weighted by Crippen LogP contribution is 2.41. The lowest BCUT2D eigenvalue weighted by atomic mass is 9.85. The maximum absolute atomic E-state index is 12.3. The van der Waals surface area contributed by atoms with Crippen LogP contribution in [0.15, 0.2) is 0 Å². The zero-order valence-corrected chi connectivity index (χ0v) is 11.6. The second-order valence-corrected chi connectivity index (χ2v) is 7.37. The molecule has 0 aromatic rings. The first-order valence-electron chi connectivity index (χ1n) is 6.29. The number of carboxylic acids is 1. The first kappa shape index (κ1) is 13.8. The average molecular weight is 276 g/mol. The van der Waals surface area contributed by atoms with Gasteiger partial charge in [-0.15, -0.1) is 0 Å². The van der Waals surface area contributed by atoms with Gasteiger partial charge in [-0.05, 0) is 25.2 Å². The van der Waals surface area contributed by atoms with Gasteiger partial charge in [-0.2, -0.15) is 17.0 Å². The molecule has 2 rings (SSSR count). The summed E-state index contributed by atoms with van der Waals surface area (Å²) in [7, 11) is -0.758. The Morgan fingerprint density at radius 3 is 2.44 bits per heavy atom. The predicted octanol–water partition coefficient (Wildman–Crippen LogP) is 0.510. The highest BCUT2D eigenvalue weighted by atomic mass is 32.2. The molecule has 0 spiro atoms. The lowest BCUT2D eigenvalue weighted by Crippen LogP contribution is -2.50. The molecule has 1 saturated heterocycles. The largest absolute Gasteiger partial charge is 0.480 e. The second kappa shape index (κ2) is 4.79. The smallest absolute Gasteiger partial charge is 0.322 e. The Balaban J connectivity index is 2.36. The van der Waals surface area contributed by atoms with Crippen molar-refractivity contribution in [2.45, 2.75) is 44.2 Å². The molecule has 2 aliphatic rings. The molecule has 2 fully saturated rings. The Kier molecular flexibility index (Phi) is 3.66. The second-order valence-electron chi connectivity index (χ2n) is 5.32. The van der Waals surface area contributed by atoms with Crippen molar-refractivity contribution in [3.63, 3.8) is 0 Å². The van der Waals surface area contributed by atoms with Crippen molar-refractivity contribution in [3.8, 4) is 0 Å². The third-order valence-corrected chi connectivity index (χ3v) is 6.02. The van der Waals surface area contributed by atoms with Crippen molar-refractivity contribution in [3.05, 3.63) is 0 Å². The number of carbonyl (C=O) groups is 1. The van der Waals surface area contributed by atoms with Gasteiger partial charge >= 0.3 is 5.97 Å². The van der Waals surface area contributed by atoms with E-state index in [0.717, 1.165) is 30.0 Å². The van der Waals surface area contributed by atoms with Crippen molar-refractivity contribution in [1.29, 1.82) is 0 Å². The molecule has 1 aliphatic heterocycles. The molecular weight excluding hydrogens is 256 g/mol. The van der Waals surface area contributed by atoms with E-state index in [1.54, 1.807) is 0 Å². The Morgan fingerprint density at radius 1 is 1.28 bits per heavy atom. The zero-order chi connectivity index (χ0) is 13.5. The van der Waals surface area contributed by atoms with E-state index >= 15 is 0 Å². The Labute approximate surface area is 108 Å². The van der Waals surface area contributed by atoms with Crippen LogP contribution in [0.5, 0.6) is 0 Å². The summed E-state index contributed by atoms with van der Waals surface area (Å²) in [5.74, 6) is -0.829. The quantitative estimate of drug-likeness (QED) is 0.814. The molecule has 1 saturated carbocycles. The summed E-state index contributed by atoms with van der Waals surface area (Å²) < 4.78 is 26.9. The zero-order valence-electron chi connectivity index (χ0n) is 10.7. The minimum absolute atomic E-state index is 0.132. The van der Waals surface area contributed by atoms with E-state index in [1.165, 1.54) is 18.4 Å². The molecule has 0 aromatic carbocycles. The van der Waals surface area contributed by atoms with Crippen LogP contribution in [0.1, 0.15) is 32.1 Å². The van der Waals surface area contributed by atoms with Crippen LogP contribution < -0.4 is 0 Å². The summed E-state index contributed by atoms with van der Waals surface area (Å²) in [5, 5.41) is 9.25. The molecule has 1 heterocycles. The third kappa shape index (κ3) is 2.15. The molecular formula is C11H20N2O4S. The molecule has 1 N–H and O–H groups in total. The maximum Gasteiger partial charge on any atom is 0.322 e. The van der Waals surface area contributed by atoms with Gasteiger partial charge in [-0.3, -0.25) is 4.79 Å². The summed E-state index contributed by atoms with van der Waals surface area (Å²) in [4.78, 5) is 11.3. The van der Waals surface area contributed by atoms with Gasteiger partial charge in [-0.25, -0.2) is 0 Å². The van der Waals surface area contributed by atoms with Gasteiger partial charge in [0.15, 0.2) is 0 Å². The molecule has 3 atom stereocenters. The van der Waals surface area contributed by atoms with Crippen LogP contribution in [0.25, 0.3) is 0 Å². The molecule has 104 valence electrons. The lowest BCUT2D eigenvalue weighted by molar-refractivity contribution is -0.141. The Bertz CT molecular complexity index is 434. The highest BCUT2D eigenvalue weighted by Gasteiger charge is 2.51. The van der Waals surface area contributed by atoms with Gasteiger partial charge in [0.05, 0.1) is 0 Å². The van der Waals surface area contributed by atoms with Gasteiger partial charge in [0.1, 0.15) is 6.04 Å². The first-order chi connectivity index (χ1) is 8.35. The monoisotopic (exact) mass is 276 g/mol. The van der Waals surface area contributed by atoms with Gasteiger partial charge in [0.25, 0.3) is 10.2 Å². The molecule has 6 nitrogen and oxygen atoms in total. The molecule has 0 amide bonds. The molecule has 18 heavy (non-hydrogen) atoms. The Morgan fingerprint density at radius 2 is 1.89 bits per heavy atom. The van der Waals surface area contributed by atoms with E-state index in [9.17, 15) is 18.3 Å². The van der Waals surface area contributed by atoms with Crippen LogP contribution in [-0.4, -0.2) is 54.3 Å². The summed E-state index contributed by atoms with van der Waals surface area (Å²) in [5.41, 5.74) is 0. The molecule has 0 radical (unpaired) electrons. The summed E-state index contributed by atoms with van der Waals surface area (Å²) in [6.07, 6.45) is 4.22. The SMILES string of the molecule is CN(C)S(=O)(=O)N1C(C(=O)O)CC2CCCCC21. The van der Waals surface area contributed by atoms with Crippen LogP contribution in [0.2, 0.25) is 0 Å². The third-order valence-electron chi connectivity index (χ3n) is 4.04. The van der Waals surface area contributed by atoms with Gasteiger partial charge in [-0.1, -0.05) is 12.8 Å². The average Bonchev–Trinajstić information content (AvgIpc) is 2.68.